The van der Waals surface area contributed by atoms with Crippen LogP contribution >= 0.6 is 0 Å². The van der Waals surface area contributed by atoms with Crippen LogP contribution in [0, 0.1) is 0 Å². The first kappa shape index (κ1) is 10.4. The molecule has 1 atom stereocenters. The minimum absolute atomic E-state index is 0.149. The molecule has 1 aromatic carbocycles. The fourth-order valence-electron chi connectivity index (χ4n) is 2.05. The molecule has 0 bridgehead atoms. The van der Waals surface area contributed by atoms with Gasteiger partial charge >= 0.3 is 0 Å². The summed E-state index contributed by atoms with van der Waals surface area (Å²) >= 11 is 0. The predicted octanol–water partition coefficient (Wildman–Crippen LogP) is 1.98. The van der Waals surface area contributed by atoms with E-state index in [9.17, 15) is 5.11 Å². The standard InChI is InChI=1S/C13H17NO/c15-11-13(12-7-3-1-4-8-12)14-9-5-2-6-10-14/h1-5,7-8,13,15H,6,9-11H2/t13-/m0/s1. The Morgan fingerprint density at radius 2 is 2.00 bits per heavy atom. The van der Waals surface area contributed by atoms with Gasteiger partial charge < -0.3 is 5.11 Å². The SMILES string of the molecule is OC[C@@H](c1ccccc1)N1CC=CCC1. The van der Waals surface area contributed by atoms with Crippen molar-refractivity contribution in [1.29, 1.82) is 0 Å². The first-order chi connectivity index (χ1) is 7.42. The highest BCUT2D eigenvalue weighted by atomic mass is 16.3. The summed E-state index contributed by atoms with van der Waals surface area (Å²) in [5, 5.41) is 9.47. The van der Waals surface area contributed by atoms with Crippen molar-refractivity contribution in [3.05, 3.63) is 48.0 Å². The van der Waals surface area contributed by atoms with Gasteiger partial charge in [0.05, 0.1) is 12.6 Å². The molecule has 0 saturated carbocycles. The zero-order valence-electron chi connectivity index (χ0n) is 8.84. The van der Waals surface area contributed by atoms with Crippen molar-refractivity contribution in [3.8, 4) is 0 Å². The molecule has 0 radical (unpaired) electrons. The van der Waals surface area contributed by atoms with Crippen molar-refractivity contribution in [2.75, 3.05) is 19.7 Å². The smallest absolute Gasteiger partial charge is 0.0628 e. The minimum Gasteiger partial charge on any atom is -0.394 e. The Morgan fingerprint density at radius 1 is 1.20 bits per heavy atom. The summed E-state index contributed by atoms with van der Waals surface area (Å²) < 4.78 is 0. The Hall–Kier alpha value is -1.12. The first-order valence-corrected chi connectivity index (χ1v) is 5.46. The van der Waals surface area contributed by atoms with Crippen LogP contribution in [0.5, 0.6) is 0 Å². The average Bonchev–Trinajstić information content (AvgIpc) is 2.33. The Kier molecular flexibility index (Phi) is 3.54. The van der Waals surface area contributed by atoms with E-state index >= 15 is 0 Å². The van der Waals surface area contributed by atoms with Gasteiger partial charge in [0.2, 0.25) is 0 Å². The molecule has 0 amide bonds. The summed E-state index contributed by atoms with van der Waals surface area (Å²) in [6.07, 6.45) is 5.47. The zero-order valence-corrected chi connectivity index (χ0v) is 8.84. The quantitative estimate of drug-likeness (QED) is 0.759. The van der Waals surface area contributed by atoms with E-state index in [0.717, 1.165) is 19.5 Å². The van der Waals surface area contributed by atoms with Gasteiger partial charge in [-0.3, -0.25) is 4.90 Å². The molecule has 1 N–H and O–H groups in total. The number of hydrogen-bond donors (Lipinski definition) is 1. The van der Waals surface area contributed by atoms with E-state index in [1.165, 1.54) is 5.56 Å². The van der Waals surface area contributed by atoms with Gasteiger partial charge in [-0.15, -0.1) is 0 Å². The molecule has 0 spiro atoms. The predicted molar refractivity (Wildman–Crippen MR) is 61.6 cm³/mol. The molecule has 0 saturated heterocycles. The monoisotopic (exact) mass is 203 g/mol. The van der Waals surface area contributed by atoms with Crippen LogP contribution in [0.2, 0.25) is 0 Å². The van der Waals surface area contributed by atoms with E-state index in [-0.39, 0.29) is 12.6 Å². The summed E-state index contributed by atoms with van der Waals surface area (Å²) in [6, 6.07) is 10.4. The summed E-state index contributed by atoms with van der Waals surface area (Å²) in [4.78, 5) is 2.31. The highest BCUT2D eigenvalue weighted by Gasteiger charge is 2.18. The molecular formula is C13H17NO. The Bertz CT molecular complexity index is 321. The van der Waals surface area contributed by atoms with Gasteiger partial charge in [-0.1, -0.05) is 42.5 Å². The van der Waals surface area contributed by atoms with Crippen LogP contribution in [-0.2, 0) is 0 Å². The van der Waals surface area contributed by atoms with Crippen molar-refractivity contribution in [1.82, 2.24) is 4.90 Å². The van der Waals surface area contributed by atoms with E-state index in [4.69, 9.17) is 0 Å². The van der Waals surface area contributed by atoms with E-state index < -0.39 is 0 Å². The second-order valence-corrected chi connectivity index (χ2v) is 3.86. The van der Waals surface area contributed by atoms with Gasteiger partial charge in [0, 0.05) is 13.1 Å². The third kappa shape index (κ3) is 2.46. The van der Waals surface area contributed by atoms with E-state index in [0.29, 0.717) is 0 Å². The highest BCUT2D eigenvalue weighted by Crippen LogP contribution is 2.21. The molecule has 2 nitrogen and oxygen atoms in total. The maximum absolute atomic E-state index is 9.47. The Morgan fingerprint density at radius 3 is 2.60 bits per heavy atom. The van der Waals surface area contributed by atoms with Crippen LogP contribution in [0.15, 0.2) is 42.5 Å². The molecule has 1 aromatic rings. The lowest BCUT2D eigenvalue weighted by molar-refractivity contribution is 0.132. The fourth-order valence-corrected chi connectivity index (χ4v) is 2.05. The molecule has 1 aliphatic rings. The van der Waals surface area contributed by atoms with Crippen molar-refractivity contribution >= 4 is 0 Å². The van der Waals surface area contributed by atoms with Gasteiger partial charge in [0.15, 0.2) is 0 Å². The van der Waals surface area contributed by atoms with Crippen molar-refractivity contribution in [2.45, 2.75) is 12.5 Å². The molecule has 1 aliphatic heterocycles. The van der Waals surface area contributed by atoms with Crippen molar-refractivity contribution in [2.24, 2.45) is 0 Å². The van der Waals surface area contributed by atoms with Gasteiger partial charge in [-0.05, 0) is 12.0 Å². The maximum Gasteiger partial charge on any atom is 0.0628 e. The molecular weight excluding hydrogens is 186 g/mol. The van der Waals surface area contributed by atoms with Crippen molar-refractivity contribution in [3.63, 3.8) is 0 Å². The van der Waals surface area contributed by atoms with Crippen LogP contribution in [0.1, 0.15) is 18.0 Å². The second-order valence-electron chi connectivity index (χ2n) is 3.86. The third-order valence-electron chi connectivity index (χ3n) is 2.89. The molecule has 80 valence electrons. The Balaban J connectivity index is 2.13. The summed E-state index contributed by atoms with van der Waals surface area (Å²) in [6.45, 7) is 2.18. The zero-order chi connectivity index (χ0) is 10.5. The number of hydrogen-bond acceptors (Lipinski definition) is 2. The largest absolute Gasteiger partial charge is 0.394 e. The van der Waals surface area contributed by atoms with Crippen LogP contribution in [-0.4, -0.2) is 29.7 Å². The van der Waals surface area contributed by atoms with E-state index in [2.05, 4.69) is 29.2 Å². The number of rotatable bonds is 3. The van der Waals surface area contributed by atoms with Crippen LogP contribution in [0.4, 0.5) is 0 Å². The maximum atomic E-state index is 9.47. The molecule has 0 aromatic heterocycles. The van der Waals surface area contributed by atoms with E-state index in [1.807, 2.05) is 18.2 Å². The van der Waals surface area contributed by atoms with Crippen molar-refractivity contribution < 1.29 is 5.11 Å². The number of nitrogens with zero attached hydrogens (tertiary/aromatic N) is 1. The van der Waals surface area contributed by atoms with Gasteiger partial charge in [-0.25, -0.2) is 0 Å². The van der Waals surface area contributed by atoms with Gasteiger partial charge in [0.1, 0.15) is 0 Å². The average molecular weight is 203 g/mol. The summed E-state index contributed by atoms with van der Waals surface area (Å²) in [5.74, 6) is 0. The highest BCUT2D eigenvalue weighted by molar-refractivity contribution is 5.19. The summed E-state index contributed by atoms with van der Waals surface area (Å²) in [5.41, 5.74) is 1.20. The number of aliphatic hydroxyl groups is 1. The lowest BCUT2D eigenvalue weighted by atomic mass is 10.0. The fraction of sp³-hybridized carbons (Fsp3) is 0.385. The van der Waals surface area contributed by atoms with Gasteiger partial charge in [-0.2, -0.15) is 0 Å². The molecule has 15 heavy (non-hydrogen) atoms. The molecule has 2 rings (SSSR count). The molecule has 2 heteroatoms. The molecule has 0 aliphatic carbocycles. The minimum atomic E-state index is 0.149. The molecule has 1 heterocycles. The van der Waals surface area contributed by atoms with Crippen LogP contribution in [0.3, 0.4) is 0 Å². The van der Waals surface area contributed by atoms with Crippen LogP contribution in [0.25, 0.3) is 0 Å². The molecule has 0 unspecified atom stereocenters. The van der Waals surface area contributed by atoms with Crippen LogP contribution < -0.4 is 0 Å². The van der Waals surface area contributed by atoms with E-state index in [1.54, 1.807) is 0 Å². The summed E-state index contributed by atoms with van der Waals surface area (Å²) in [7, 11) is 0. The van der Waals surface area contributed by atoms with Gasteiger partial charge in [0.25, 0.3) is 0 Å². The molecule has 0 fully saturated rings. The Labute approximate surface area is 90.8 Å². The topological polar surface area (TPSA) is 23.5 Å². The lowest BCUT2D eigenvalue weighted by Gasteiger charge is -2.31. The third-order valence-corrected chi connectivity index (χ3v) is 2.89. The normalized spacial score (nSPS) is 19.0. The second kappa shape index (κ2) is 5.10. The first-order valence-electron chi connectivity index (χ1n) is 5.46. The lowest BCUT2D eigenvalue weighted by Crippen LogP contribution is -2.33. The number of aliphatic hydroxyl groups excluding tert-OH is 1. The number of benzene rings is 1.